The van der Waals surface area contributed by atoms with Gasteiger partial charge in [-0.15, -0.1) is 0 Å². The van der Waals surface area contributed by atoms with Crippen LogP contribution in [0.3, 0.4) is 0 Å². The van der Waals surface area contributed by atoms with Crippen LogP contribution in [0.1, 0.15) is 83.1 Å². The molecule has 8 nitrogen and oxygen atoms in total. The number of rotatable bonds is 9. The van der Waals surface area contributed by atoms with E-state index in [1.165, 1.54) is 4.90 Å². The van der Waals surface area contributed by atoms with Crippen molar-refractivity contribution >= 4 is 23.7 Å². The predicted molar refractivity (Wildman–Crippen MR) is 168 cm³/mol. The van der Waals surface area contributed by atoms with Crippen LogP contribution in [0.4, 0.5) is 0 Å². The monoisotopic (exact) mass is 595 g/mol. The maximum atomic E-state index is 14.7. The Balaban J connectivity index is 1.54. The summed E-state index contributed by atoms with van der Waals surface area (Å²) in [6.07, 6.45) is 2.92. The Morgan fingerprint density at radius 2 is 1.43 bits per heavy atom. The van der Waals surface area contributed by atoms with Gasteiger partial charge >= 0.3 is 5.97 Å². The summed E-state index contributed by atoms with van der Waals surface area (Å²) >= 11 is 0. The van der Waals surface area contributed by atoms with Crippen molar-refractivity contribution in [3.8, 4) is 0 Å². The SMILES string of the molecule is Cc1cccc(C(=O)N2CCCN(C(=O)C(c3ccccc3)C3CCCC3)C2C(=O)NC(CC(=O)O)c2cccc(C)c2)c1. The molecule has 3 aromatic carbocycles. The van der Waals surface area contributed by atoms with Crippen molar-refractivity contribution in [2.24, 2.45) is 5.92 Å². The molecule has 1 aliphatic carbocycles. The zero-order valence-electron chi connectivity index (χ0n) is 25.4. The molecular weight excluding hydrogens is 554 g/mol. The maximum Gasteiger partial charge on any atom is 0.305 e. The number of carbonyl (C=O) groups is 4. The van der Waals surface area contributed by atoms with E-state index in [1.807, 2.05) is 68.4 Å². The van der Waals surface area contributed by atoms with Gasteiger partial charge in [0.1, 0.15) is 0 Å². The zero-order valence-corrected chi connectivity index (χ0v) is 25.4. The number of aliphatic carboxylic acids is 1. The molecule has 2 aliphatic rings. The largest absolute Gasteiger partial charge is 0.481 e. The second-order valence-electron chi connectivity index (χ2n) is 12.1. The van der Waals surface area contributed by atoms with Crippen LogP contribution < -0.4 is 5.32 Å². The highest BCUT2D eigenvalue weighted by Crippen LogP contribution is 2.39. The number of hydrogen-bond acceptors (Lipinski definition) is 4. The Kier molecular flexibility index (Phi) is 9.78. The van der Waals surface area contributed by atoms with E-state index in [1.54, 1.807) is 29.2 Å². The van der Waals surface area contributed by atoms with E-state index in [0.29, 0.717) is 30.6 Å². The van der Waals surface area contributed by atoms with E-state index in [9.17, 15) is 24.3 Å². The standard InChI is InChI=1S/C36H41N3O5/c1-24-11-8-17-28(21-24)30(23-31(40)41)37-33(42)34-38(35(43)29-18-9-12-25(2)22-29)19-10-20-39(34)36(44)32(27-15-6-7-16-27)26-13-4-3-5-14-26/h3-5,8-9,11-14,17-18,21-22,27,30,32,34H,6-7,10,15-16,19-20,23H2,1-2H3,(H,37,42)(H,40,41). The summed E-state index contributed by atoms with van der Waals surface area (Å²) in [6, 6.07) is 23.4. The number of carbonyl (C=O) groups excluding carboxylic acids is 3. The van der Waals surface area contributed by atoms with Gasteiger partial charge in [0.05, 0.1) is 18.4 Å². The van der Waals surface area contributed by atoms with Crippen molar-refractivity contribution in [3.05, 3.63) is 107 Å². The molecule has 3 unspecified atom stereocenters. The molecule has 8 heteroatoms. The molecule has 0 aromatic heterocycles. The lowest BCUT2D eigenvalue weighted by Gasteiger charge is -2.45. The number of nitrogens with zero attached hydrogens (tertiary/aromatic N) is 2. The topological polar surface area (TPSA) is 107 Å². The first kappa shape index (κ1) is 31.0. The lowest BCUT2D eigenvalue weighted by molar-refractivity contribution is -0.152. The number of carboxylic acids is 1. The summed E-state index contributed by atoms with van der Waals surface area (Å²) in [4.78, 5) is 58.0. The van der Waals surface area contributed by atoms with E-state index >= 15 is 0 Å². The molecule has 0 radical (unpaired) electrons. The van der Waals surface area contributed by atoms with Gasteiger partial charge in [0.2, 0.25) is 5.91 Å². The van der Waals surface area contributed by atoms with E-state index < -0.39 is 30.0 Å². The third kappa shape index (κ3) is 7.01. The average Bonchev–Trinajstić information content (AvgIpc) is 3.55. The van der Waals surface area contributed by atoms with Crippen molar-refractivity contribution in [3.63, 3.8) is 0 Å². The molecular formula is C36H41N3O5. The van der Waals surface area contributed by atoms with Crippen molar-refractivity contribution in [1.82, 2.24) is 15.1 Å². The summed E-state index contributed by atoms with van der Waals surface area (Å²) in [5.74, 6) is -2.43. The minimum absolute atomic E-state index is 0.142. The molecule has 1 saturated carbocycles. The van der Waals surface area contributed by atoms with Crippen LogP contribution in [0.15, 0.2) is 78.9 Å². The van der Waals surface area contributed by atoms with E-state index in [-0.39, 0.29) is 24.2 Å². The smallest absolute Gasteiger partial charge is 0.305 e. The van der Waals surface area contributed by atoms with Gasteiger partial charge in [-0.2, -0.15) is 0 Å². The molecule has 230 valence electrons. The summed E-state index contributed by atoms with van der Waals surface area (Å²) in [6.45, 7) is 4.41. The third-order valence-electron chi connectivity index (χ3n) is 8.87. The van der Waals surface area contributed by atoms with Crippen LogP contribution in [-0.2, 0) is 14.4 Å². The Bertz CT molecular complexity index is 1500. The second kappa shape index (κ2) is 13.9. The Morgan fingerprint density at radius 1 is 0.795 bits per heavy atom. The number of benzene rings is 3. The normalized spacial score (nSPS) is 18.5. The number of hydrogen-bond donors (Lipinski definition) is 2. The number of amides is 3. The molecule has 5 rings (SSSR count). The van der Waals surface area contributed by atoms with Gasteiger partial charge in [0.15, 0.2) is 6.17 Å². The highest BCUT2D eigenvalue weighted by Gasteiger charge is 2.45. The Morgan fingerprint density at radius 3 is 2.09 bits per heavy atom. The zero-order chi connectivity index (χ0) is 31.2. The average molecular weight is 596 g/mol. The second-order valence-corrected chi connectivity index (χ2v) is 12.1. The van der Waals surface area contributed by atoms with Gasteiger partial charge in [0, 0.05) is 18.7 Å². The summed E-state index contributed by atoms with van der Waals surface area (Å²) in [5, 5.41) is 12.7. The Hall–Kier alpha value is -4.46. The molecule has 3 amide bonds. The minimum Gasteiger partial charge on any atom is -0.481 e. The fourth-order valence-electron chi connectivity index (χ4n) is 6.80. The molecule has 3 atom stereocenters. The first-order valence-corrected chi connectivity index (χ1v) is 15.5. The molecule has 0 bridgehead atoms. The molecule has 2 N–H and O–H groups in total. The molecule has 44 heavy (non-hydrogen) atoms. The van der Waals surface area contributed by atoms with Crippen molar-refractivity contribution < 1.29 is 24.3 Å². The molecule has 1 saturated heterocycles. The van der Waals surface area contributed by atoms with E-state index in [4.69, 9.17) is 0 Å². The van der Waals surface area contributed by atoms with Gasteiger partial charge in [-0.05, 0) is 62.3 Å². The fraction of sp³-hybridized carbons (Fsp3) is 0.389. The van der Waals surface area contributed by atoms with Gasteiger partial charge in [-0.3, -0.25) is 19.2 Å². The highest BCUT2D eigenvalue weighted by atomic mass is 16.4. The quantitative estimate of drug-likeness (QED) is 0.335. The maximum absolute atomic E-state index is 14.7. The first-order valence-electron chi connectivity index (χ1n) is 15.5. The van der Waals surface area contributed by atoms with Gasteiger partial charge in [0.25, 0.3) is 11.8 Å². The fourth-order valence-corrected chi connectivity index (χ4v) is 6.80. The van der Waals surface area contributed by atoms with Gasteiger partial charge in [-0.25, -0.2) is 0 Å². The van der Waals surface area contributed by atoms with Gasteiger partial charge in [-0.1, -0.05) is 90.7 Å². The predicted octanol–water partition coefficient (Wildman–Crippen LogP) is 5.61. The lowest BCUT2D eigenvalue weighted by atomic mass is 9.83. The van der Waals surface area contributed by atoms with Crippen LogP contribution in [0, 0.1) is 19.8 Å². The van der Waals surface area contributed by atoms with Crippen molar-refractivity contribution in [2.75, 3.05) is 13.1 Å². The number of nitrogens with one attached hydrogen (secondary N) is 1. The molecule has 1 heterocycles. The van der Waals surface area contributed by atoms with Crippen molar-refractivity contribution in [1.29, 1.82) is 0 Å². The van der Waals surface area contributed by atoms with Crippen LogP contribution >= 0.6 is 0 Å². The van der Waals surface area contributed by atoms with E-state index in [0.717, 1.165) is 42.4 Å². The summed E-state index contributed by atoms with van der Waals surface area (Å²) in [5.41, 5.74) is 3.84. The Labute approximate surface area is 259 Å². The third-order valence-corrected chi connectivity index (χ3v) is 8.87. The van der Waals surface area contributed by atoms with Crippen LogP contribution in [0.2, 0.25) is 0 Å². The van der Waals surface area contributed by atoms with E-state index in [2.05, 4.69) is 5.32 Å². The minimum atomic E-state index is -1.22. The molecule has 1 aliphatic heterocycles. The number of aryl methyl sites for hydroxylation is 2. The summed E-state index contributed by atoms with van der Waals surface area (Å²) < 4.78 is 0. The van der Waals surface area contributed by atoms with Crippen LogP contribution in [-0.4, -0.2) is 57.9 Å². The lowest BCUT2D eigenvalue weighted by Crippen LogP contribution is -2.64. The number of carboxylic acid groups (broad SMARTS) is 1. The first-order chi connectivity index (χ1) is 21.2. The molecule has 3 aromatic rings. The van der Waals surface area contributed by atoms with Gasteiger partial charge < -0.3 is 20.2 Å². The summed E-state index contributed by atoms with van der Waals surface area (Å²) in [7, 11) is 0. The molecule has 0 spiro atoms. The van der Waals surface area contributed by atoms with Crippen LogP contribution in [0.5, 0.6) is 0 Å². The highest BCUT2D eigenvalue weighted by molar-refractivity contribution is 5.99. The van der Waals surface area contributed by atoms with Crippen molar-refractivity contribution in [2.45, 2.75) is 70.5 Å². The molecule has 2 fully saturated rings. The van der Waals surface area contributed by atoms with Crippen LogP contribution in [0.25, 0.3) is 0 Å².